The van der Waals surface area contributed by atoms with Crippen molar-refractivity contribution in [2.24, 2.45) is 0 Å². The highest BCUT2D eigenvalue weighted by Gasteiger charge is 2.35. The van der Waals surface area contributed by atoms with E-state index < -0.39 is 28.5 Å². The Labute approximate surface area is 271 Å². The minimum atomic E-state index is -4.27. The number of carbonyl (C=O) groups is 2. The van der Waals surface area contributed by atoms with Gasteiger partial charge in [-0.1, -0.05) is 62.1 Å². The number of benzene rings is 3. The molecule has 2 amide bonds. The molecule has 4 rings (SSSR count). The molecule has 1 atom stereocenters. The number of hydrogen-bond donors (Lipinski definition) is 1. The van der Waals surface area contributed by atoms with Crippen LogP contribution in [0.3, 0.4) is 0 Å². The van der Waals surface area contributed by atoms with Crippen LogP contribution in [0.4, 0.5) is 5.69 Å². The molecule has 0 aliphatic heterocycles. The van der Waals surface area contributed by atoms with Crippen LogP contribution in [0, 0.1) is 0 Å². The third kappa shape index (κ3) is 8.70. The minimum Gasteiger partial charge on any atom is -0.497 e. The van der Waals surface area contributed by atoms with E-state index in [2.05, 4.69) is 5.32 Å². The first-order valence-electron chi connectivity index (χ1n) is 15.4. The third-order valence-corrected chi connectivity index (χ3v) is 9.99. The largest absolute Gasteiger partial charge is 0.497 e. The van der Waals surface area contributed by atoms with Gasteiger partial charge in [0.05, 0.1) is 24.3 Å². The van der Waals surface area contributed by atoms with Gasteiger partial charge in [0.15, 0.2) is 0 Å². The number of amides is 2. The first-order valence-corrected chi connectivity index (χ1v) is 17.2. The van der Waals surface area contributed by atoms with Gasteiger partial charge in [-0.15, -0.1) is 0 Å². The fraction of sp³-hybridized carbons (Fsp3) is 0.412. The van der Waals surface area contributed by atoms with E-state index >= 15 is 0 Å². The molecule has 242 valence electrons. The fourth-order valence-corrected chi connectivity index (χ4v) is 7.13. The van der Waals surface area contributed by atoms with Crippen molar-refractivity contribution in [3.05, 3.63) is 83.4 Å². The Hall–Kier alpha value is -3.76. The standard InChI is InChI=1S/C34H42ClN3O6S/c1-4-30(34(40)36-27-11-7-6-8-12-27)37(23-25-15-19-28(43-3)20-16-25)33(39)24-38(31-13-9-10-14-32(31)44-5-2)45(41,42)29-21-17-26(35)18-22-29/h9-10,13-22,27,30H,4-8,11-12,23-24H2,1-3H3,(H,36,40)/t30-/m0/s1. The van der Waals surface area contributed by atoms with Gasteiger partial charge in [-0.05, 0) is 80.3 Å². The first kappa shape index (κ1) is 34.1. The summed E-state index contributed by atoms with van der Waals surface area (Å²) in [7, 11) is -2.69. The second kappa shape index (κ2) is 16.0. The Balaban J connectivity index is 1.74. The SMILES string of the molecule is CCOc1ccccc1N(CC(=O)N(Cc1ccc(OC)cc1)[C@@H](CC)C(=O)NC1CCCCC1)S(=O)(=O)c1ccc(Cl)cc1. The zero-order valence-corrected chi connectivity index (χ0v) is 27.6. The zero-order valence-electron chi connectivity index (χ0n) is 26.1. The molecule has 0 bridgehead atoms. The van der Waals surface area contributed by atoms with E-state index in [1.807, 2.05) is 19.1 Å². The lowest BCUT2D eigenvalue weighted by molar-refractivity contribution is -0.140. The van der Waals surface area contributed by atoms with Crippen molar-refractivity contribution in [3.8, 4) is 11.5 Å². The minimum absolute atomic E-state index is 0.0326. The molecule has 0 unspecified atom stereocenters. The van der Waals surface area contributed by atoms with Gasteiger partial charge in [-0.2, -0.15) is 0 Å². The van der Waals surface area contributed by atoms with E-state index in [0.29, 0.717) is 29.5 Å². The van der Waals surface area contributed by atoms with Gasteiger partial charge in [0, 0.05) is 17.6 Å². The van der Waals surface area contributed by atoms with Crippen molar-refractivity contribution in [3.63, 3.8) is 0 Å². The van der Waals surface area contributed by atoms with Crippen LogP contribution in [0.5, 0.6) is 11.5 Å². The molecular weight excluding hydrogens is 614 g/mol. The lowest BCUT2D eigenvalue weighted by Crippen LogP contribution is -2.54. The number of nitrogens with one attached hydrogen (secondary N) is 1. The van der Waals surface area contributed by atoms with Crippen molar-refractivity contribution in [1.29, 1.82) is 0 Å². The van der Waals surface area contributed by atoms with Crippen LogP contribution in [0.25, 0.3) is 0 Å². The predicted octanol–water partition coefficient (Wildman–Crippen LogP) is 6.20. The summed E-state index contributed by atoms with van der Waals surface area (Å²) in [5.74, 6) is 0.203. The smallest absolute Gasteiger partial charge is 0.264 e. The van der Waals surface area contributed by atoms with E-state index in [0.717, 1.165) is 42.0 Å². The molecule has 0 spiro atoms. The summed E-state index contributed by atoms with van der Waals surface area (Å²) < 4.78 is 40.5. The van der Waals surface area contributed by atoms with E-state index in [1.54, 1.807) is 50.4 Å². The van der Waals surface area contributed by atoms with Crippen LogP contribution in [-0.4, -0.2) is 57.5 Å². The van der Waals surface area contributed by atoms with Gasteiger partial charge in [0.1, 0.15) is 24.1 Å². The summed E-state index contributed by atoms with van der Waals surface area (Å²) >= 11 is 6.06. The van der Waals surface area contributed by atoms with Gasteiger partial charge in [-0.25, -0.2) is 8.42 Å². The van der Waals surface area contributed by atoms with Crippen molar-refractivity contribution in [1.82, 2.24) is 10.2 Å². The maximum Gasteiger partial charge on any atom is 0.264 e. The number of hydrogen-bond acceptors (Lipinski definition) is 6. The Bertz CT molecular complexity index is 1530. The number of nitrogens with zero attached hydrogens (tertiary/aromatic N) is 2. The van der Waals surface area contributed by atoms with Gasteiger partial charge < -0.3 is 19.7 Å². The Morgan fingerprint density at radius 3 is 2.24 bits per heavy atom. The monoisotopic (exact) mass is 655 g/mol. The van der Waals surface area contributed by atoms with Crippen LogP contribution in [0.2, 0.25) is 5.02 Å². The number of rotatable bonds is 14. The summed E-state index contributed by atoms with van der Waals surface area (Å²) in [5, 5.41) is 3.55. The molecule has 45 heavy (non-hydrogen) atoms. The lowest BCUT2D eigenvalue weighted by Gasteiger charge is -2.34. The number of carbonyl (C=O) groups excluding carboxylic acids is 2. The van der Waals surface area contributed by atoms with Crippen LogP contribution in [0.1, 0.15) is 57.9 Å². The molecule has 3 aromatic rings. The summed E-state index contributed by atoms with van der Waals surface area (Å²) in [5.41, 5.74) is 0.988. The second-order valence-electron chi connectivity index (χ2n) is 11.0. The van der Waals surface area contributed by atoms with Crippen LogP contribution >= 0.6 is 11.6 Å². The molecule has 1 aliphatic rings. The average Bonchev–Trinajstić information content (AvgIpc) is 3.05. The maximum absolute atomic E-state index is 14.4. The lowest BCUT2D eigenvalue weighted by atomic mass is 9.95. The highest BCUT2D eigenvalue weighted by atomic mass is 35.5. The average molecular weight is 656 g/mol. The van der Waals surface area contributed by atoms with E-state index in [-0.39, 0.29) is 29.1 Å². The molecule has 1 aliphatic carbocycles. The molecule has 1 N–H and O–H groups in total. The molecule has 0 heterocycles. The zero-order chi connectivity index (χ0) is 32.4. The van der Waals surface area contributed by atoms with Crippen LogP contribution in [-0.2, 0) is 26.2 Å². The number of para-hydroxylation sites is 2. The van der Waals surface area contributed by atoms with Crippen molar-refractivity contribution >= 4 is 39.1 Å². The van der Waals surface area contributed by atoms with Crippen LogP contribution < -0.4 is 19.1 Å². The fourth-order valence-electron chi connectivity index (χ4n) is 5.58. The molecule has 1 saturated carbocycles. The normalized spacial score (nSPS) is 14.3. The molecule has 11 heteroatoms. The topological polar surface area (TPSA) is 105 Å². The third-order valence-electron chi connectivity index (χ3n) is 7.96. The van der Waals surface area contributed by atoms with Crippen molar-refractivity contribution in [2.45, 2.75) is 75.9 Å². The van der Waals surface area contributed by atoms with Gasteiger partial charge in [0.25, 0.3) is 10.0 Å². The molecule has 1 fully saturated rings. The van der Waals surface area contributed by atoms with E-state index in [1.165, 1.54) is 29.2 Å². The molecule has 0 aromatic heterocycles. The molecule has 0 radical (unpaired) electrons. The van der Waals surface area contributed by atoms with Crippen molar-refractivity contribution < 1.29 is 27.5 Å². The van der Waals surface area contributed by atoms with Gasteiger partial charge >= 0.3 is 0 Å². The quantitative estimate of drug-likeness (QED) is 0.222. The highest BCUT2D eigenvalue weighted by Crippen LogP contribution is 2.33. The molecular formula is C34H42ClN3O6S. The number of methoxy groups -OCH3 is 1. The Morgan fingerprint density at radius 2 is 1.62 bits per heavy atom. The van der Waals surface area contributed by atoms with E-state index in [9.17, 15) is 18.0 Å². The highest BCUT2D eigenvalue weighted by molar-refractivity contribution is 7.92. The van der Waals surface area contributed by atoms with Gasteiger partial charge in [0.2, 0.25) is 11.8 Å². The maximum atomic E-state index is 14.4. The number of ether oxygens (including phenoxy) is 2. The molecule has 0 saturated heterocycles. The second-order valence-corrected chi connectivity index (χ2v) is 13.3. The molecule has 3 aromatic carbocycles. The summed E-state index contributed by atoms with van der Waals surface area (Å²) in [6.45, 7) is 3.49. The number of anilines is 1. The number of halogens is 1. The van der Waals surface area contributed by atoms with E-state index in [4.69, 9.17) is 21.1 Å². The Kier molecular flexibility index (Phi) is 12.1. The summed E-state index contributed by atoms with van der Waals surface area (Å²) in [6.07, 6.45) is 5.39. The van der Waals surface area contributed by atoms with Crippen molar-refractivity contribution in [2.75, 3.05) is 24.6 Å². The summed E-state index contributed by atoms with van der Waals surface area (Å²) in [6, 6.07) is 18.9. The summed E-state index contributed by atoms with van der Waals surface area (Å²) in [4.78, 5) is 29.6. The number of sulfonamides is 1. The predicted molar refractivity (Wildman–Crippen MR) is 176 cm³/mol. The van der Waals surface area contributed by atoms with Gasteiger partial charge in [-0.3, -0.25) is 13.9 Å². The van der Waals surface area contributed by atoms with Crippen LogP contribution in [0.15, 0.2) is 77.7 Å². The Morgan fingerprint density at radius 1 is 0.956 bits per heavy atom. The molecule has 9 nitrogen and oxygen atoms in total. The first-order chi connectivity index (χ1) is 21.7.